The van der Waals surface area contributed by atoms with E-state index in [-0.39, 0.29) is 0 Å². The number of rotatable bonds is 2. The van der Waals surface area contributed by atoms with Crippen LogP contribution in [0.25, 0.3) is 0 Å². The van der Waals surface area contributed by atoms with Crippen molar-refractivity contribution in [2.24, 2.45) is 0 Å². The SMILES string of the molecule is Fc1cc(F)cc(C[Si](Cl)Cl)c1. The molecule has 0 unspecified atom stereocenters. The molecule has 0 saturated carbocycles. The fraction of sp³-hybridized carbons (Fsp3) is 0.143. The number of benzene rings is 1. The van der Waals surface area contributed by atoms with Crippen molar-refractivity contribution in [1.29, 1.82) is 0 Å². The summed E-state index contributed by atoms with van der Waals surface area (Å²) in [6.07, 6.45) is 0. The number of halogens is 4. The average molecular weight is 226 g/mol. The predicted octanol–water partition coefficient (Wildman–Crippen LogP) is 3.01. The molecule has 1 radical (unpaired) electrons. The van der Waals surface area contributed by atoms with E-state index in [1.54, 1.807) is 0 Å². The second-order valence-corrected chi connectivity index (χ2v) is 6.64. The lowest BCUT2D eigenvalue weighted by Gasteiger charge is -1.99. The molecule has 0 bridgehead atoms. The summed E-state index contributed by atoms with van der Waals surface area (Å²) in [4.78, 5) is 0. The third-order valence-corrected chi connectivity index (χ3v) is 2.74. The van der Waals surface area contributed by atoms with Crippen molar-refractivity contribution >= 4 is 29.6 Å². The summed E-state index contributed by atoms with van der Waals surface area (Å²) in [5.41, 5.74) is 0.506. The van der Waals surface area contributed by atoms with Crippen LogP contribution in [0.1, 0.15) is 5.56 Å². The van der Waals surface area contributed by atoms with Crippen LogP contribution in [0.15, 0.2) is 18.2 Å². The van der Waals surface area contributed by atoms with Gasteiger partial charge in [0.25, 0.3) is 7.42 Å². The molecule has 5 heteroatoms. The summed E-state index contributed by atoms with van der Waals surface area (Å²) in [6, 6.07) is 3.64. The molecule has 0 fully saturated rings. The van der Waals surface area contributed by atoms with Gasteiger partial charge in [-0.2, -0.15) is 0 Å². The summed E-state index contributed by atoms with van der Waals surface area (Å²) < 4.78 is 25.1. The highest BCUT2D eigenvalue weighted by Crippen LogP contribution is 2.12. The van der Waals surface area contributed by atoms with Crippen LogP contribution in [0.3, 0.4) is 0 Å². The van der Waals surface area contributed by atoms with Crippen LogP contribution in [-0.4, -0.2) is 7.42 Å². The molecule has 1 rings (SSSR count). The van der Waals surface area contributed by atoms with Crippen molar-refractivity contribution in [1.82, 2.24) is 0 Å². The van der Waals surface area contributed by atoms with E-state index in [0.29, 0.717) is 11.6 Å². The van der Waals surface area contributed by atoms with Crippen LogP contribution in [-0.2, 0) is 6.04 Å². The van der Waals surface area contributed by atoms with Crippen molar-refractivity contribution in [3.63, 3.8) is 0 Å². The topological polar surface area (TPSA) is 0 Å². The molecule has 0 aliphatic rings. The van der Waals surface area contributed by atoms with Crippen LogP contribution in [0.5, 0.6) is 0 Å². The molecule has 0 heterocycles. The molecule has 65 valence electrons. The van der Waals surface area contributed by atoms with Crippen LogP contribution in [0.2, 0.25) is 0 Å². The zero-order valence-electron chi connectivity index (χ0n) is 5.95. The molecular formula is C7H5Cl2F2Si. The number of hydrogen-bond acceptors (Lipinski definition) is 0. The van der Waals surface area contributed by atoms with E-state index in [9.17, 15) is 8.78 Å². The third-order valence-electron chi connectivity index (χ3n) is 1.26. The van der Waals surface area contributed by atoms with Gasteiger partial charge in [-0.3, -0.25) is 0 Å². The molecule has 0 spiro atoms. The molecule has 0 N–H and O–H groups in total. The first-order valence-corrected chi connectivity index (χ1v) is 6.93. The van der Waals surface area contributed by atoms with Gasteiger partial charge in [-0.1, -0.05) is 0 Å². The zero-order chi connectivity index (χ0) is 9.14. The molecule has 1 aromatic rings. The Hall–Kier alpha value is -0.123. The maximum Gasteiger partial charge on any atom is 0.278 e. The maximum atomic E-state index is 12.6. The van der Waals surface area contributed by atoms with Crippen molar-refractivity contribution in [2.75, 3.05) is 0 Å². The summed E-state index contributed by atoms with van der Waals surface area (Å²) >= 11 is 11.1. The van der Waals surface area contributed by atoms with Crippen molar-refractivity contribution in [3.05, 3.63) is 35.4 Å². The van der Waals surface area contributed by atoms with Gasteiger partial charge in [0.1, 0.15) is 11.6 Å². The number of hydrogen-bond donors (Lipinski definition) is 0. The Kier molecular flexibility index (Phi) is 3.49. The first kappa shape index (κ1) is 9.96. The fourth-order valence-electron chi connectivity index (χ4n) is 0.867. The van der Waals surface area contributed by atoms with Crippen molar-refractivity contribution < 1.29 is 8.78 Å². The lowest BCUT2D eigenvalue weighted by atomic mass is 10.2. The average Bonchev–Trinajstić information content (AvgIpc) is 1.81. The van der Waals surface area contributed by atoms with E-state index in [4.69, 9.17) is 22.2 Å². The molecule has 0 nitrogen and oxygen atoms in total. The second-order valence-electron chi connectivity index (χ2n) is 2.29. The Morgan fingerprint density at radius 2 is 1.58 bits per heavy atom. The van der Waals surface area contributed by atoms with Gasteiger partial charge in [0.2, 0.25) is 0 Å². The van der Waals surface area contributed by atoms with E-state index >= 15 is 0 Å². The highest BCUT2D eigenvalue weighted by Gasteiger charge is 2.07. The standard InChI is InChI=1S/C7H5Cl2F2Si/c8-12(9)4-5-1-6(10)3-7(11)2-5/h1-3H,4H2. The van der Waals surface area contributed by atoms with E-state index in [1.165, 1.54) is 12.1 Å². The van der Waals surface area contributed by atoms with E-state index in [2.05, 4.69) is 0 Å². The van der Waals surface area contributed by atoms with Crippen LogP contribution >= 0.6 is 22.2 Å². The quantitative estimate of drug-likeness (QED) is 0.537. The molecule has 0 amide bonds. The molecule has 0 aliphatic heterocycles. The maximum absolute atomic E-state index is 12.6. The lowest BCUT2D eigenvalue weighted by molar-refractivity contribution is 0.581. The van der Waals surface area contributed by atoms with Gasteiger partial charge >= 0.3 is 0 Å². The Balaban J connectivity index is 2.85. The molecular weight excluding hydrogens is 221 g/mol. The van der Waals surface area contributed by atoms with Gasteiger partial charge in [-0.25, -0.2) is 8.78 Å². The van der Waals surface area contributed by atoms with Gasteiger partial charge in [0, 0.05) is 6.07 Å². The van der Waals surface area contributed by atoms with Crippen molar-refractivity contribution in [3.8, 4) is 0 Å². The van der Waals surface area contributed by atoms with Gasteiger partial charge in [-0.05, 0) is 23.7 Å². The minimum atomic E-state index is -1.51. The molecule has 0 atom stereocenters. The van der Waals surface area contributed by atoms with Crippen LogP contribution in [0.4, 0.5) is 8.78 Å². The summed E-state index contributed by atoms with van der Waals surface area (Å²) in [6.45, 7) is 0. The van der Waals surface area contributed by atoms with Crippen molar-refractivity contribution in [2.45, 2.75) is 6.04 Å². The fourth-order valence-corrected chi connectivity index (χ4v) is 2.31. The Bertz CT molecular complexity index is 258. The zero-order valence-corrected chi connectivity index (χ0v) is 8.46. The minimum absolute atomic E-state index is 0.350. The van der Waals surface area contributed by atoms with E-state index < -0.39 is 19.1 Å². The van der Waals surface area contributed by atoms with Gasteiger partial charge < -0.3 is 0 Å². The first-order chi connectivity index (χ1) is 5.58. The van der Waals surface area contributed by atoms with Crippen LogP contribution in [0, 0.1) is 11.6 Å². The summed E-state index contributed by atoms with van der Waals surface area (Å²) in [5.74, 6) is -1.19. The summed E-state index contributed by atoms with van der Waals surface area (Å²) in [5, 5.41) is 0. The molecule has 0 saturated heterocycles. The van der Waals surface area contributed by atoms with Gasteiger partial charge in [0.05, 0.1) is 0 Å². The normalized spacial score (nSPS) is 10.8. The molecule has 0 aliphatic carbocycles. The Morgan fingerprint density at radius 3 is 2.00 bits per heavy atom. The molecule has 1 aromatic carbocycles. The lowest BCUT2D eigenvalue weighted by Crippen LogP contribution is -2.00. The highest BCUT2D eigenvalue weighted by molar-refractivity contribution is 7.33. The molecule has 0 aromatic heterocycles. The van der Waals surface area contributed by atoms with E-state index in [1.807, 2.05) is 0 Å². The largest absolute Gasteiger partial charge is 0.278 e. The highest BCUT2D eigenvalue weighted by atomic mass is 35.7. The van der Waals surface area contributed by atoms with Gasteiger partial charge in [0.15, 0.2) is 0 Å². The first-order valence-electron chi connectivity index (χ1n) is 3.20. The summed E-state index contributed by atoms with van der Waals surface area (Å²) in [7, 11) is -1.51. The smallest absolute Gasteiger partial charge is 0.207 e. The predicted molar refractivity (Wildman–Crippen MR) is 47.5 cm³/mol. The van der Waals surface area contributed by atoms with Crippen LogP contribution < -0.4 is 0 Å². The van der Waals surface area contributed by atoms with Gasteiger partial charge in [-0.15, -0.1) is 22.2 Å². The molecule has 12 heavy (non-hydrogen) atoms. The monoisotopic (exact) mass is 225 g/mol. The second kappa shape index (κ2) is 4.21. The Morgan fingerprint density at radius 1 is 1.08 bits per heavy atom. The Labute approximate surface area is 80.1 Å². The third kappa shape index (κ3) is 3.09. The minimum Gasteiger partial charge on any atom is -0.207 e. The van der Waals surface area contributed by atoms with E-state index in [0.717, 1.165) is 6.07 Å².